The van der Waals surface area contributed by atoms with Crippen LogP contribution in [0.1, 0.15) is 31.7 Å². The van der Waals surface area contributed by atoms with E-state index in [0.717, 1.165) is 37.2 Å². The van der Waals surface area contributed by atoms with Crippen LogP contribution in [0.5, 0.6) is 0 Å². The van der Waals surface area contributed by atoms with Crippen LogP contribution >= 0.6 is 15.9 Å². The fraction of sp³-hybridized carbons (Fsp3) is 0.625. The Morgan fingerprint density at radius 3 is 2.70 bits per heavy atom. The zero-order chi connectivity index (χ0) is 14.8. The third-order valence-electron chi connectivity index (χ3n) is 3.11. The number of ether oxygens (including phenoxy) is 2. The van der Waals surface area contributed by atoms with E-state index in [2.05, 4.69) is 59.4 Å². The molecule has 1 rings (SSSR count). The van der Waals surface area contributed by atoms with E-state index in [-0.39, 0.29) is 0 Å². The molecule has 0 bridgehead atoms. The lowest BCUT2D eigenvalue weighted by atomic mass is 9.96. The normalized spacial score (nSPS) is 12.8. The summed E-state index contributed by atoms with van der Waals surface area (Å²) >= 11 is 3.54. The summed E-state index contributed by atoms with van der Waals surface area (Å²) in [4.78, 5) is 0. The Morgan fingerprint density at radius 1 is 1.25 bits per heavy atom. The van der Waals surface area contributed by atoms with E-state index < -0.39 is 0 Å². The number of rotatable bonds is 10. The molecule has 114 valence electrons. The van der Waals surface area contributed by atoms with E-state index in [9.17, 15) is 0 Å². The average Bonchev–Trinajstić information content (AvgIpc) is 2.41. The van der Waals surface area contributed by atoms with Crippen molar-refractivity contribution in [1.29, 1.82) is 0 Å². The van der Waals surface area contributed by atoms with Crippen LogP contribution in [0.4, 0.5) is 0 Å². The molecule has 0 aromatic heterocycles. The first-order chi connectivity index (χ1) is 9.63. The van der Waals surface area contributed by atoms with E-state index in [4.69, 9.17) is 9.47 Å². The van der Waals surface area contributed by atoms with Crippen molar-refractivity contribution in [2.24, 2.45) is 0 Å². The van der Waals surface area contributed by atoms with Gasteiger partial charge in [0.05, 0.1) is 12.7 Å². The van der Waals surface area contributed by atoms with E-state index in [1.165, 1.54) is 5.56 Å². The standard InChI is InChI=1S/C16H26BrNO2/c1-13(2)20-9-7-15(12-18-8-10-19-3)14-5-4-6-16(17)11-14/h4-6,11,13,15,18H,7-10,12H2,1-3H3. The zero-order valence-corrected chi connectivity index (χ0v) is 14.3. The summed E-state index contributed by atoms with van der Waals surface area (Å²) in [5.74, 6) is 0.461. The van der Waals surface area contributed by atoms with Gasteiger partial charge in [-0.15, -0.1) is 0 Å². The van der Waals surface area contributed by atoms with Crippen molar-refractivity contribution >= 4 is 15.9 Å². The molecule has 0 saturated heterocycles. The highest BCUT2D eigenvalue weighted by molar-refractivity contribution is 9.10. The second kappa shape index (κ2) is 10.3. The number of halogens is 1. The molecule has 0 aliphatic rings. The molecule has 0 saturated carbocycles. The molecule has 20 heavy (non-hydrogen) atoms. The first-order valence-corrected chi connectivity index (χ1v) is 7.99. The smallest absolute Gasteiger partial charge is 0.0587 e. The minimum absolute atomic E-state index is 0.291. The van der Waals surface area contributed by atoms with Gasteiger partial charge >= 0.3 is 0 Å². The lowest BCUT2D eigenvalue weighted by Gasteiger charge is -2.19. The minimum Gasteiger partial charge on any atom is -0.383 e. The van der Waals surface area contributed by atoms with Crippen LogP contribution in [0.15, 0.2) is 28.7 Å². The highest BCUT2D eigenvalue weighted by Gasteiger charge is 2.12. The molecular weight excluding hydrogens is 318 g/mol. The topological polar surface area (TPSA) is 30.5 Å². The lowest BCUT2D eigenvalue weighted by molar-refractivity contribution is 0.0731. The summed E-state index contributed by atoms with van der Waals surface area (Å²) in [5, 5.41) is 3.45. The second-order valence-electron chi connectivity index (χ2n) is 5.16. The molecule has 0 fully saturated rings. The van der Waals surface area contributed by atoms with Gasteiger partial charge in [-0.3, -0.25) is 0 Å². The van der Waals surface area contributed by atoms with Crippen molar-refractivity contribution < 1.29 is 9.47 Å². The molecule has 0 spiro atoms. The van der Waals surface area contributed by atoms with Crippen molar-refractivity contribution in [2.75, 3.05) is 33.4 Å². The Kier molecular flexibility index (Phi) is 9.10. The van der Waals surface area contributed by atoms with Gasteiger partial charge in [0.1, 0.15) is 0 Å². The Balaban J connectivity index is 2.53. The summed E-state index contributed by atoms with van der Waals surface area (Å²) < 4.78 is 11.9. The average molecular weight is 344 g/mol. The van der Waals surface area contributed by atoms with Crippen LogP contribution in [0, 0.1) is 0 Å². The van der Waals surface area contributed by atoms with E-state index in [1.807, 2.05) is 0 Å². The maximum Gasteiger partial charge on any atom is 0.0587 e. The van der Waals surface area contributed by atoms with Gasteiger partial charge in [0.25, 0.3) is 0 Å². The number of methoxy groups -OCH3 is 1. The fourth-order valence-electron chi connectivity index (χ4n) is 2.04. The van der Waals surface area contributed by atoms with Crippen LogP contribution in [-0.2, 0) is 9.47 Å². The SMILES string of the molecule is COCCNCC(CCOC(C)C)c1cccc(Br)c1. The molecule has 4 heteroatoms. The fourth-order valence-corrected chi connectivity index (χ4v) is 2.46. The van der Waals surface area contributed by atoms with Crippen LogP contribution in [0.25, 0.3) is 0 Å². The van der Waals surface area contributed by atoms with Crippen molar-refractivity contribution in [3.63, 3.8) is 0 Å². The van der Waals surface area contributed by atoms with Gasteiger partial charge in [-0.05, 0) is 43.9 Å². The molecule has 1 atom stereocenters. The van der Waals surface area contributed by atoms with Gasteiger partial charge in [-0.25, -0.2) is 0 Å². The summed E-state index contributed by atoms with van der Waals surface area (Å²) in [5.41, 5.74) is 1.34. The van der Waals surface area contributed by atoms with Crippen LogP contribution in [0.2, 0.25) is 0 Å². The summed E-state index contributed by atoms with van der Waals surface area (Å²) in [6.45, 7) is 7.51. The van der Waals surface area contributed by atoms with E-state index in [0.29, 0.717) is 12.0 Å². The van der Waals surface area contributed by atoms with Crippen LogP contribution in [-0.4, -0.2) is 39.5 Å². The Morgan fingerprint density at radius 2 is 2.05 bits per heavy atom. The van der Waals surface area contributed by atoms with Gasteiger partial charge in [-0.2, -0.15) is 0 Å². The highest BCUT2D eigenvalue weighted by atomic mass is 79.9. The van der Waals surface area contributed by atoms with E-state index >= 15 is 0 Å². The van der Waals surface area contributed by atoms with Crippen molar-refractivity contribution in [2.45, 2.75) is 32.3 Å². The Hall–Kier alpha value is -0.420. The monoisotopic (exact) mass is 343 g/mol. The molecule has 1 N–H and O–H groups in total. The summed E-state index contributed by atoms with van der Waals surface area (Å²) in [6, 6.07) is 8.52. The van der Waals surface area contributed by atoms with Gasteiger partial charge in [-0.1, -0.05) is 28.1 Å². The predicted molar refractivity (Wildman–Crippen MR) is 87.3 cm³/mol. The molecule has 1 unspecified atom stereocenters. The maximum atomic E-state index is 5.69. The molecule has 0 aliphatic heterocycles. The van der Waals surface area contributed by atoms with Crippen LogP contribution in [0.3, 0.4) is 0 Å². The van der Waals surface area contributed by atoms with Crippen LogP contribution < -0.4 is 5.32 Å². The van der Waals surface area contributed by atoms with Gasteiger partial charge < -0.3 is 14.8 Å². The van der Waals surface area contributed by atoms with E-state index in [1.54, 1.807) is 7.11 Å². The molecule has 3 nitrogen and oxygen atoms in total. The highest BCUT2D eigenvalue weighted by Crippen LogP contribution is 2.22. The number of benzene rings is 1. The quantitative estimate of drug-likeness (QED) is 0.658. The lowest BCUT2D eigenvalue weighted by Crippen LogP contribution is -2.26. The molecule has 0 radical (unpaired) electrons. The number of hydrogen-bond acceptors (Lipinski definition) is 3. The first-order valence-electron chi connectivity index (χ1n) is 7.20. The Bertz CT molecular complexity index is 371. The van der Waals surface area contributed by atoms with Gasteiger partial charge in [0.15, 0.2) is 0 Å². The summed E-state index contributed by atoms with van der Waals surface area (Å²) in [7, 11) is 1.73. The molecular formula is C16H26BrNO2. The van der Waals surface area contributed by atoms with Crippen molar-refractivity contribution in [1.82, 2.24) is 5.32 Å². The van der Waals surface area contributed by atoms with Gasteiger partial charge in [0, 0.05) is 31.3 Å². The molecule has 0 aliphatic carbocycles. The minimum atomic E-state index is 0.291. The zero-order valence-electron chi connectivity index (χ0n) is 12.7. The Labute approximate surface area is 131 Å². The third-order valence-corrected chi connectivity index (χ3v) is 3.60. The van der Waals surface area contributed by atoms with Crippen molar-refractivity contribution in [3.8, 4) is 0 Å². The molecule has 1 aromatic rings. The first kappa shape index (κ1) is 17.6. The molecule has 0 amide bonds. The van der Waals surface area contributed by atoms with Gasteiger partial charge in [0.2, 0.25) is 0 Å². The largest absolute Gasteiger partial charge is 0.383 e. The number of hydrogen-bond donors (Lipinski definition) is 1. The number of nitrogens with one attached hydrogen (secondary N) is 1. The summed E-state index contributed by atoms with van der Waals surface area (Å²) in [6.07, 6.45) is 1.31. The maximum absolute atomic E-state index is 5.69. The van der Waals surface area contributed by atoms with Crippen molar-refractivity contribution in [3.05, 3.63) is 34.3 Å². The third kappa shape index (κ3) is 7.39. The molecule has 0 heterocycles. The second-order valence-corrected chi connectivity index (χ2v) is 6.07. The predicted octanol–water partition coefficient (Wildman–Crippen LogP) is 3.58. The molecule has 1 aromatic carbocycles.